The maximum Gasteiger partial charge on any atom is 0.303 e. The van der Waals surface area contributed by atoms with Gasteiger partial charge in [-0.1, -0.05) is 39.0 Å². The summed E-state index contributed by atoms with van der Waals surface area (Å²) in [6.45, 7) is 12.4. The van der Waals surface area contributed by atoms with Crippen LogP contribution in [0.4, 0.5) is 0 Å². The van der Waals surface area contributed by atoms with E-state index < -0.39 is 11.9 Å². The van der Waals surface area contributed by atoms with E-state index in [9.17, 15) is 9.59 Å². The van der Waals surface area contributed by atoms with Gasteiger partial charge in [0.1, 0.15) is 0 Å². The molecule has 0 atom stereocenters. The van der Waals surface area contributed by atoms with Gasteiger partial charge in [-0.25, -0.2) is 0 Å². The zero-order valence-electron chi connectivity index (χ0n) is 18.1. The van der Waals surface area contributed by atoms with E-state index in [2.05, 4.69) is 39.7 Å². The first kappa shape index (κ1) is 25.9. The second kappa shape index (κ2) is 13.1. The van der Waals surface area contributed by atoms with E-state index in [4.69, 9.17) is 15.1 Å². The van der Waals surface area contributed by atoms with Crippen LogP contribution in [0.1, 0.15) is 105 Å². The molecule has 0 aromatic carbocycles. The largest absolute Gasteiger partial charge is 0.481 e. The number of carboxylic acid groups (broad SMARTS) is 2. The van der Waals surface area contributed by atoms with Crippen LogP contribution in [0.2, 0.25) is 0 Å². The number of hydrogen-bond acceptors (Lipinski definition) is 4. The summed E-state index contributed by atoms with van der Waals surface area (Å²) in [4.78, 5) is 25.4. The Morgan fingerprint density at radius 2 is 1.30 bits per heavy atom. The van der Waals surface area contributed by atoms with Crippen LogP contribution in [0.25, 0.3) is 0 Å². The third-order valence-corrected chi connectivity index (χ3v) is 4.95. The molecule has 27 heavy (non-hydrogen) atoms. The van der Waals surface area contributed by atoms with Crippen molar-refractivity contribution >= 4 is 11.9 Å². The molecule has 0 amide bonds. The zero-order chi connectivity index (χ0) is 20.9. The molecule has 0 saturated carbocycles. The highest BCUT2D eigenvalue weighted by molar-refractivity contribution is 5.75. The minimum absolute atomic E-state index is 0.184. The van der Waals surface area contributed by atoms with E-state index in [0.717, 1.165) is 6.61 Å². The first-order valence-corrected chi connectivity index (χ1v) is 10.4. The lowest BCUT2D eigenvalue weighted by Gasteiger charge is -2.51. The second-order valence-electron chi connectivity index (χ2n) is 8.66. The molecule has 1 rings (SSSR count). The fraction of sp³-hybridized carbons (Fsp3) is 0.905. The van der Waals surface area contributed by atoms with Crippen molar-refractivity contribution in [3.05, 3.63) is 0 Å². The van der Waals surface area contributed by atoms with Crippen molar-refractivity contribution in [3.8, 4) is 0 Å². The summed E-state index contributed by atoms with van der Waals surface area (Å²) in [5, 5.41) is 18.1. The van der Waals surface area contributed by atoms with Gasteiger partial charge in [0.25, 0.3) is 0 Å². The van der Waals surface area contributed by atoms with Gasteiger partial charge in [-0.05, 0) is 53.4 Å². The summed E-state index contributed by atoms with van der Waals surface area (Å²) < 4.78 is 0. The molecule has 0 aromatic rings. The molecule has 1 aliphatic rings. The number of carboxylic acids is 2. The van der Waals surface area contributed by atoms with Gasteiger partial charge in [-0.3, -0.25) is 14.4 Å². The van der Waals surface area contributed by atoms with Gasteiger partial charge in [0.05, 0.1) is 19.4 Å². The summed E-state index contributed by atoms with van der Waals surface area (Å²) in [5.41, 5.74) is 0.369. The van der Waals surface area contributed by atoms with Gasteiger partial charge < -0.3 is 10.2 Å². The highest BCUT2D eigenvalue weighted by atomic mass is 16.7. The SMILES string of the molecule is CCCCCCCCON1C(C)(C)CCCC1(C)C.O=C(O)CCC(=O)O. The number of carbonyl (C=O) groups is 2. The number of rotatable bonds is 11. The summed E-state index contributed by atoms with van der Waals surface area (Å²) >= 11 is 0. The standard InChI is InChI=1S/C17H35NO.C4H6O4/c1-6-7-8-9-10-11-15-19-18-16(2,3)13-12-14-17(18,4)5;5-3(6)1-2-4(7)8/h6-15H2,1-5H3;1-2H2,(H,5,6)(H,7,8). The molecule has 1 saturated heterocycles. The molecule has 1 aliphatic heterocycles. The Kier molecular flexibility index (Phi) is 12.6. The number of unbranched alkanes of at least 4 members (excludes halogenated alkanes) is 5. The van der Waals surface area contributed by atoms with Crippen LogP contribution in [0.3, 0.4) is 0 Å². The van der Waals surface area contributed by atoms with Crippen LogP contribution in [0, 0.1) is 0 Å². The molecule has 1 fully saturated rings. The molecule has 0 bridgehead atoms. The van der Waals surface area contributed by atoms with Crippen LogP contribution < -0.4 is 0 Å². The smallest absolute Gasteiger partial charge is 0.303 e. The van der Waals surface area contributed by atoms with Crippen molar-refractivity contribution in [1.82, 2.24) is 5.06 Å². The van der Waals surface area contributed by atoms with Gasteiger partial charge in [-0.2, -0.15) is 5.06 Å². The Morgan fingerprint density at radius 1 is 0.852 bits per heavy atom. The van der Waals surface area contributed by atoms with Crippen LogP contribution in [-0.4, -0.2) is 44.9 Å². The Morgan fingerprint density at radius 3 is 1.74 bits per heavy atom. The second-order valence-corrected chi connectivity index (χ2v) is 8.66. The number of piperidine rings is 1. The topological polar surface area (TPSA) is 87.1 Å². The van der Waals surface area contributed by atoms with E-state index in [0.29, 0.717) is 0 Å². The molecule has 0 aliphatic carbocycles. The van der Waals surface area contributed by atoms with Crippen molar-refractivity contribution in [2.75, 3.05) is 6.61 Å². The first-order valence-electron chi connectivity index (χ1n) is 10.4. The van der Waals surface area contributed by atoms with Crippen molar-refractivity contribution < 1.29 is 24.6 Å². The van der Waals surface area contributed by atoms with E-state index >= 15 is 0 Å². The lowest BCUT2D eigenvalue weighted by Crippen LogP contribution is -2.58. The molecular weight excluding hydrogens is 346 g/mol. The third kappa shape index (κ3) is 12.0. The van der Waals surface area contributed by atoms with Crippen molar-refractivity contribution in [1.29, 1.82) is 0 Å². The Hall–Kier alpha value is -1.14. The summed E-state index contributed by atoms with van der Waals surface area (Å²) in [7, 11) is 0. The molecule has 0 unspecified atom stereocenters. The Bertz CT molecular complexity index is 404. The monoisotopic (exact) mass is 387 g/mol. The molecule has 6 heteroatoms. The van der Waals surface area contributed by atoms with Gasteiger partial charge >= 0.3 is 11.9 Å². The van der Waals surface area contributed by atoms with Gasteiger partial charge in [0, 0.05) is 11.1 Å². The van der Waals surface area contributed by atoms with E-state index in [1.165, 1.54) is 57.8 Å². The van der Waals surface area contributed by atoms with Gasteiger partial charge in [-0.15, -0.1) is 0 Å². The third-order valence-electron chi connectivity index (χ3n) is 4.95. The zero-order valence-corrected chi connectivity index (χ0v) is 18.1. The van der Waals surface area contributed by atoms with Crippen molar-refractivity contribution in [2.24, 2.45) is 0 Å². The van der Waals surface area contributed by atoms with Crippen LogP contribution >= 0.6 is 0 Å². The normalized spacial score (nSPS) is 18.4. The summed E-state index contributed by atoms with van der Waals surface area (Å²) in [6.07, 6.45) is 11.2. The fourth-order valence-corrected chi connectivity index (χ4v) is 3.58. The average Bonchev–Trinajstić information content (AvgIpc) is 2.54. The molecule has 1 heterocycles. The molecule has 6 nitrogen and oxygen atoms in total. The lowest BCUT2D eigenvalue weighted by molar-refractivity contribution is -0.281. The maximum atomic E-state index is 9.64. The molecule has 0 spiro atoms. The maximum absolute atomic E-state index is 9.64. The first-order chi connectivity index (χ1) is 12.5. The summed E-state index contributed by atoms with van der Waals surface area (Å²) in [5.74, 6) is -2.15. The molecule has 160 valence electrons. The number of nitrogens with zero attached hydrogens (tertiary/aromatic N) is 1. The van der Waals surface area contributed by atoms with Crippen LogP contribution in [-0.2, 0) is 14.4 Å². The fourth-order valence-electron chi connectivity index (χ4n) is 3.58. The predicted molar refractivity (Wildman–Crippen MR) is 108 cm³/mol. The highest BCUT2D eigenvalue weighted by Crippen LogP contribution is 2.38. The summed E-state index contributed by atoms with van der Waals surface area (Å²) in [6, 6.07) is 0. The predicted octanol–water partition coefficient (Wildman–Crippen LogP) is 5.26. The number of hydrogen-bond donors (Lipinski definition) is 2. The Labute approximate surface area is 165 Å². The van der Waals surface area contributed by atoms with Gasteiger partial charge in [0.15, 0.2) is 0 Å². The van der Waals surface area contributed by atoms with Crippen molar-refractivity contribution in [3.63, 3.8) is 0 Å². The molecule has 2 N–H and O–H groups in total. The number of aliphatic carboxylic acids is 2. The van der Waals surface area contributed by atoms with Crippen LogP contribution in [0.15, 0.2) is 0 Å². The molecular formula is C21H41NO5. The van der Waals surface area contributed by atoms with E-state index in [1.807, 2.05) is 0 Å². The lowest BCUT2D eigenvalue weighted by atomic mass is 9.82. The number of hydroxylamine groups is 2. The minimum Gasteiger partial charge on any atom is -0.481 e. The quantitative estimate of drug-likeness (QED) is 0.470. The van der Waals surface area contributed by atoms with Gasteiger partial charge in [0.2, 0.25) is 0 Å². The van der Waals surface area contributed by atoms with Crippen LogP contribution in [0.5, 0.6) is 0 Å². The minimum atomic E-state index is -1.08. The molecule has 0 radical (unpaired) electrons. The van der Waals surface area contributed by atoms with E-state index in [1.54, 1.807) is 0 Å². The van der Waals surface area contributed by atoms with E-state index in [-0.39, 0.29) is 23.9 Å². The Balaban J connectivity index is 0.000000713. The average molecular weight is 388 g/mol. The van der Waals surface area contributed by atoms with Crippen molar-refractivity contribution in [2.45, 2.75) is 116 Å². The highest BCUT2D eigenvalue weighted by Gasteiger charge is 2.42. The molecule has 0 aromatic heterocycles.